The van der Waals surface area contributed by atoms with Crippen molar-refractivity contribution >= 4 is 21.4 Å². The lowest BCUT2D eigenvalue weighted by atomic mass is 10.4. The number of rotatable bonds is 5. The number of aromatic nitrogens is 1. The highest BCUT2D eigenvalue weighted by atomic mass is 32.2. The van der Waals surface area contributed by atoms with Crippen molar-refractivity contribution in [3.8, 4) is 0 Å². The van der Waals surface area contributed by atoms with Gasteiger partial charge in [-0.15, -0.1) is 11.3 Å². The molecule has 1 N–H and O–H groups in total. The highest BCUT2D eigenvalue weighted by Crippen LogP contribution is 2.20. The molecule has 0 radical (unpaired) electrons. The van der Waals surface area contributed by atoms with Crippen LogP contribution < -0.4 is 5.43 Å². The van der Waals surface area contributed by atoms with E-state index in [-0.39, 0.29) is 17.5 Å². The zero-order valence-electron chi connectivity index (χ0n) is 11.2. The number of nitrogens with one attached hydrogen (secondary N) is 1. The fraction of sp³-hybridized carbons (Fsp3) is 0.308. The maximum atomic E-state index is 12.6. The number of aromatic amines is 1. The topological polar surface area (TPSA) is 70.2 Å². The van der Waals surface area contributed by atoms with Gasteiger partial charge in [0.05, 0.1) is 0 Å². The molecular weight excluding hydrogens is 296 g/mol. The van der Waals surface area contributed by atoms with Crippen LogP contribution in [0.25, 0.3) is 0 Å². The van der Waals surface area contributed by atoms with Crippen LogP contribution in [0.2, 0.25) is 0 Å². The van der Waals surface area contributed by atoms with Crippen LogP contribution >= 0.6 is 11.3 Å². The Morgan fingerprint density at radius 2 is 2.10 bits per heavy atom. The summed E-state index contributed by atoms with van der Waals surface area (Å²) in [6.45, 7) is 3.86. The zero-order chi connectivity index (χ0) is 14.8. The zero-order valence-corrected chi connectivity index (χ0v) is 12.9. The smallest absolute Gasteiger partial charge is 0.248 e. The molecule has 0 fully saturated rings. The third kappa shape index (κ3) is 3.00. The highest BCUT2D eigenvalue weighted by molar-refractivity contribution is 7.89. The molecular formula is C13H16N2O3S2. The number of nitrogens with zero attached hydrogens (tertiary/aromatic N) is 1. The maximum absolute atomic E-state index is 12.6. The number of hydrogen-bond donors (Lipinski definition) is 1. The van der Waals surface area contributed by atoms with E-state index >= 15 is 0 Å². The number of hydrogen-bond acceptors (Lipinski definition) is 4. The van der Waals surface area contributed by atoms with Crippen molar-refractivity contribution in [2.24, 2.45) is 0 Å². The van der Waals surface area contributed by atoms with E-state index in [1.165, 1.54) is 34.1 Å². The summed E-state index contributed by atoms with van der Waals surface area (Å²) in [5.41, 5.74) is -0.499. The summed E-state index contributed by atoms with van der Waals surface area (Å²) in [6, 6.07) is 4.74. The largest absolute Gasteiger partial charge is 0.366 e. The molecule has 0 amide bonds. The first-order valence-electron chi connectivity index (χ1n) is 6.14. The molecule has 0 aliphatic rings. The van der Waals surface area contributed by atoms with Crippen LogP contribution in [0.15, 0.2) is 45.7 Å². The lowest BCUT2D eigenvalue weighted by Gasteiger charge is -2.25. The molecule has 0 aliphatic carbocycles. The highest BCUT2D eigenvalue weighted by Gasteiger charge is 2.29. The van der Waals surface area contributed by atoms with Gasteiger partial charge in [0, 0.05) is 35.9 Å². The van der Waals surface area contributed by atoms with Crippen molar-refractivity contribution < 1.29 is 8.42 Å². The SMILES string of the molecule is CC(C)N(Cc1cccs1)S(=O)(=O)c1c[nH]ccc1=O. The first-order chi connectivity index (χ1) is 9.43. The van der Waals surface area contributed by atoms with E-state index in [2.05, 4.69) is 4.98 Å². The van der Waals surface area contributed by atoms with Gasteiger partial charge in [0.1, 0.15) is 4.90 Å². The average Bonchev–Trinajstić information content (AvgIpc) is 2.88. The van der Waals surface area contributed by atoms with Gasteiger partial charge >= 0.3 is 0 Å². The van der Waals surface area contributed by atoms with Crippen LogP contribution in [0, 0.1) is 0 Å². The molecule has 108 valence electrons. The van der Waals surface area contributed by atoms with Crippen molar-refractivity contribution in [1.82, 2.24) is 9.29 Å². The fourth-order valence-corrected chi connectivity index (χ4v) is 4.27. The molecule has 2 aromatic rings. The van der Waals surface area contributed by atoms with Crippen molar-refractivity contribution in [3.05, 3.63) is 51.1 Å². The Kier molecular flexibility index (Phi) is 4.42. The van der Waals surface area contributed by atoms with E-state index in [1.807, 2.05) is 17.5 Å². The van der Waals surface area contributed by atoms with Gasteiger partial charge in [0.2, 0.25) is 15.5 Å². The molecule has 0 saturated carbocycles. The Balaban J connectivity index is 2.43. The first kappa shape index (κ1) is 15.0. The number of pyridine rings is 1. The van der Waals surface area contributed by atoms with E-state index in [1.54, 1.807) is 13.8 Å². The predicted molar refractivity (Wildman–Crippen MR) is 79.2 cm³/mol. The molecule has 0 atom stereocenters. The van der Waals surface area contributed by atoms with Gasteiger partial charge < -0.3 is 4.98 Å². The van der Waals surface area contributed by atoms with E-state index < -0.39 is 15.5 Å². The summed E-state index contributed by atoms with van der Waals surface area (Å²) < 4.78 is 26.6. The normalized spacial score (nSPS) is 12.2. The molecule has 0 aliphatic heterocycles. The van der Waals surface area contributed by atoms with Crippen LogP contribution in [0.3, 0.4) is 0 Å². The third-order valence-corrected chi connectivity index (χ3v) is 5.75. The molecule has 2 aromatic heterocycles. The van der Waals surface area contributed by atoms with Gasteiger partial charge in [-0.25, -0.2) is 8.42 Å². The summed E-state index contributed by atoms with van der Waals surface area (Å²) in [5.74, 6) is 0. The average molecular weight is 312 g/mol. The molecule has 0 saturated heterocycles. The summed E-state index contributed by atoms with van der Waals surface area (Å²) in [5, 5.41) is 1.90. The Hall–Kier alpha value is -1.44. The molecule has 7 heteroatoms. The lowest BCUT2D eigenvalue weighted by molar-refractivity contribution is 0.350. The minimum absolute atomic E-state index is 0.217. The van der Waals surface area contributed by atoms with Crippen LogP contribution in [0.5, 0.6) is 0 Å². The Labute approximate surface area is 121 Å². The van der Waals surface area contributed by atoms with Gasteiger partial charge in [-0.1, -0.05) is 6.07 Å². The molecule has 5 nitrogen and oxygen atoms in total. The minimum Gasteiger partial charge on any atom is -0.366 e. The summed E-state index contributed by atoms with van der Waals surface area (Å²) in [6.07, 6.45) is 2.65. The second kappa shape index (κ2) is 5.90. The van der Waals surface area contributed by atoms with Crippen molar-refractivity contribution in [2.45, 2.75) is 31.3 Å². The van der Waals surface area contributed by atoms with Crippen LogP contribution in [0.4, 0.5) is 0 Å². The third-order valence-electron chi connectivity index (χ3n) is 2.84. The van der Waals surface area contributed by atoms with E-state index in [0.717, 1.165) is 4.88 Å². The van der Waals surface area contributed by atoms with Crippen molar-refractivity contribution in [2.75, 3.05) is 0 Å². The van der Waals surface area contributed by atoms with E-state index in [4.69, 9.17) is 0 Å². The molecule has 2 heterocycles. The molecule has 2 rings (SSSR count). The Morgan fingerprint density at radius 3 is 2.65 bits per heavy atom. The van der Waals surface area contributed by atoms with Crippen LogP contribution in [-0.2, 0) is 16.6 Å². The predicted octanol–water partition coefficient (Wildman–Crippen LogP) is 2.04. The van der Waals surface area contributed by atoms with Crippen molar-refractivity contribution in [3.63, 3.8) is 0 Å². The quantitative estimate of drug-likeness (QED) is 0.918. The van der Waals surface area contributed by atoms with Crippen LogP contribution in [0.1, 0.15) is 18.7 Å². The van der Waals surface area contributed by atoms with Gasteiger partial charge in [0.15, 0.2) is 0 Å². The summed E-state index contributed by atoms with van der Waals surface area (Å²) in [7, 11) is -3.81. The molecule has 0 bridgehead atoms. The minimum atomic E-state index is -3.81. The second-order valence-corrected chi connectivity index (χ2v) is 7.49. The second-order valence-electron chi connectivity index (χ2n) is 4.60. The van der Waals surface area contributed by atoms with Gasteiger partial charge in [0.25, 0.3) is 0 Å². The Bertz CT molecular complexity index is 718. The summed E-state index contributed by atoms with van der Waals surface area (Å²) in [4.78, 5) is 15.2. The maximum Gasteiger partial charge on any atom is 0.248 e. The lowest BCUT2D eigenvalue weighted by Crippen LogP contribution is -2.38. The first-order valence-corrected chi connectivity index (χ1v) is 8.46. The molecule has 0 unspecified atom stereocenters. The molecule has 0 aromatic carbocycles. The molecule has 20 heavy (non-hydrogen) atoms. The van der Waals surface area contributed by atoms with Gasteiger partial charge in [-0.2, -0.15) is 4.31 Å². The standard InChI is InChI=1S/C13H16N2O3S2/c1-10(2)15(9-11-4-3-7-19-11)20(17,18)13-8-14-6-5-12(13)16/h3-8,10H,9H2,1-2H3,(H,14,16). The van der Waals surface area contributed by atoms with E-state index in [9.17, 15) is 13.2 Å². The monoisotopic (exact) mass is 312 g/mol. The van der Waals surface area contributed by atoms with Gasteiger partial charge in [-0.3, -0.25) is 4.79 Å². The Morgan fingerprint density at radius 1 is 1.35 bits per heavy atom. The fourth-order valence-electron chi connectivity index (χ4n) is 1.83. The van der Waals surface area contributed by atoms with Crippen molar-refractivity contribution in [1.29, 1.82) is 0 Å². The molecule has 0 spiro atoms. The van der Waals surface area contributed by atoms with E-state index in [0.29, 0.717) is 0 Å². The number of thiophene rings is 1. The van der Waals surface area contributed by atoms with Crippen LogP contribution in [-0.4, -0.2) is 23.7 Å². The van der Waals surface area contributed by atoms with Gasteiger partial charge in [-0.05, 0) is 25.3 Å². The summed E-state index contributed by atoms with van der Waals surface area (Å²) >= 11 is 1.49. The number of H-pyrrole nitrogens is 1. The number of sulfonamides is 1.